The molecular formula is C17H27NO. The predicted molar refractivity (Wildman–Crippen MR) is 87.3 cm³/mol. The molecule has 2 nitrogen and oxygen atoms in total. The number of allylic oxidation sites excluding steroid dienone is 6. The zero-order valence-corrected chi connectivity index (χ0v) is 13.1. The van der Waals surface area contributed by atoms with Gasteiger partial charge in [0.15, 0.2) is 0 Å². The number of hydrogen-bond donors (Lipinski definition) is 0. The van der Waals surface area contributed by atoms with Gasteiger partial charge in [-0.2, -0.15) is 0 Å². The summed E-state index contributed by atoms with van der Waals surface area (Å²) in [6, 6.07) is 5.13. The lowest BCUT2D eigenvalue weighted by Gasteiger charge is -2.04. The molecule has 2 heteroatoms. The Kier molecular flexibility index (Phi) is 14.6. The van der Waals surface area contributed by atoms with Gasteiger partial charge < -0.3 is 0 Å². The molecule has 106 valence electrons. The van der Waals surface area contributed by atoms with E-state index in [1.807, 2.05) is 78.0 Å². The minimum Gasteiger partial charge on any atom is -0.284 e. The number of hydrogen-bond acceptors (Lipinski definition) is 1. The third kappa shape index (κ3) is 7.98. The summed E-state index contributed by atoms with van der Waals surface area (Å²) >= 11 is 0. The SMILES string of the molecule is CC.CC.C\C=C/C=C(\C=C/C)n1ccccc1=O. The second-order valence-corrected chi connectivity index (χ2v) is 3.03. The van der Waals surface area contributed by atoms with Crippen molar-refractivity contribution in [1.82, 2.24) is 4.57 Å². The van der Waals surface area contributed by atoms with Crippen LogP contribution in [0.5, 0.6) is 0 Å². The van der Waals surface area contributed by atoms with Gasteiger partial charge in [-0.3, -0.25) is 9.36 Å². The van der Waals surface area contributed by atoms with Crippen LogP contribution in [0.4, 0.5) is 0 Å². The van der Waals surface area contributed by atoms with Crippen LogP contribution in [-0.4, -0.2) is 4.57 Å². The summed E-state index contributed by atoms with van der Waals surface area (Å²) in [7, 11) is 0. The van der Waals surface area contributed by atoms with Crippen LogP contribution >= 0.6 is 0 Å². The van der Waals surface area contributed by atoms with E-state index in [1.165, 1.54) is 0 Å². The monoisotopic (exact) mass is 261 g/mol. The standard InChI is InChI=1S/C13H15NO.2C2H6/c1-3-5-9-12(8-4-2)14-11-7-6-10-13(14)15;2*1-2/h3-11H,1-2H3;2*1-2H3/b5-3-,8-4-,12-9+;;. The third-order valence-electron chi connectivity index (χ3n) is 1.90. The minimum atomic E-state index is -0.0219. The molecule has 1 heterocycles. The van der Waals surface area contributed by atoms with Crippen molar-refractivity contribution >= 4 is 5.70 Å². The van der Waals surface area contributed by atoms with Crippen molar-refractivity contribution in [3.8, 4) is 0 Å². The Bertz CT molecular complexity index is 450. The molecule has 0 saturated carbocycles. The smallest absolute Gasteiger partial charge is 0.255 e. The average Bonchev–Trinajstić information content (AvgIpc) is 2.48. The summed E-state index contributed by atoms with van der Waals surface area (Å²) in [5, 5.41) is 0. The predicted octanol–water partition coefficient (Wildman–Crippen LogP) is 4.89. The van der Waals surface area contributed by atoms with Gasteiger partial charge in [-0.1, -0.05) is 52.0 Å². The fourth-order valence-corrected chi connectivity index (χ4v) is 1.22. The van der Waals surface area contributed by atoms with Crippen molar-refractivity contribution in [3.63, 3.8) is 0 Å². The summed E-state index contributed by atoms with van der Waals surface area (Å²) in [6.45, 7) is 11.9. The van der Waals surface area contributed by atoms with Crippen LogP contribution in [0.15, 0.2) is 59.6 Å². The Hall–Kier alpha value is -1.83. The fourth-order valence-electron chi connectivity index (χ4n) is 1.22. The normalized spacial score (nSPS) is 10.7. The first-order valence-electron chi connectivity index (χ1n) is 6.93. The van der Waals surface area contributed by atoms with E-state index in [9.17, 15) is 4.79 Å². The van der Waals surface area contributed by atoms with Gasteiger partial charge in [-0.15, -0.1) is 0 Å². The highest BCUT2D eigenvalue weighted by Crippen LogP contribution is 2.03. The van der Waals surface area contributed by atoms with E-state index in [1.54, 1.807) is 22.9 Å². The van der Waals surface area contributed by atoms with Gasteiger partial charge in [-0.05, 0) is 32.1 Å². The number of rotatable bonds is 3. The summed E-state index contributed by atoms with van der Waals surface area (Å²) < 4.78 is 1.61. The van der Waals surface area contributed by atoms with E-state index in [0.29, 0.717) is 0 Å². The molecule has 0 fully saturated rings. The van der Waals surface area contributed by atoms with Crippen molar-refractivity contribution in [3.05, 3.63) is 65.1 Å². The van der Waals surface area contributed by atoms with Crippen molar-refractivity contribution < 1.29 is 0 Å². The summed E-state index contributed by atoms with van der Waals surface area (Å²) in [5.41, 5.74) is 0.840. The average molecular weight is 261 g/mol. The zero-order chi connectivity index (χ0) is 15.1. The maximum absolute atomic E-state index is 11.6. The van der Waals surface area contributed by atoms with Crippen molar-refractivity contribution in [2.24, 2.45) is 0 Å². The van der Waals surface area contributed by atoms with E-state index < -0.39 is 0 Å². The zero-order valence-electron chi connectivity index (χ0n) is 13.1. The first kappa shape index (κ1) is 19.5. The van der Waals surface area contributed by atoms with Gasteiger partial charge in [-0.25, -0.2) is 0 Å². The molecule has 0 radical (unpaired) electrons. The minimum absolute atomic E-state index is 0.0219. The van der Waals surface area contributed by atoms with Gasteiger partial charge in [0, 0.05) is 18.0 Å². The molecule has 0 aliphatic heterocycles. The van der Waals surface area contributed by atoms with E-state index >= 15 is 0 Å². The van der Waals surface area contributed by atoms with Gasteiger partial charge >= 0.3 is 0 Å². The molecule has 0 aromatic carbocycles. The first-order chi connectivity index (χ1) is 9.29. The van der Waals surface area contributed by atoms with Crippen LogP contribution in [0, 0.1) is 0 Å². The molecule has 0 bridgehead atoms. The lowest BCUT2D eigenvalue weighted by atomic mass is 10.3. The highest BCUT2D eigenvalue weighted by Gasteiger charge is 1.95. The molecule has 0 N–H and O–H groups in total. The van der Waals surface area contributed by atoms with Crippen LogP contribution in [0.2, 0.25) is 0 Å². The number of pyridine rings is 1. The molecule has 1 rings (SSSR count). The second-order valence-electron chi connectivity index (χ2n) is 3.03. The molecule has 0 atom stereocenters. The van der Waals surface area contributed by atoms with Crippen LogP contribution < -0.4 is 5.56 Å². The lowest BCUT2D eigenvalue weighted by Crippen LogP contribution is -2.15. The van der Waals surface area contributed by atoms with Crippen LogP contribution in [-0.2, 0) is 0 Å². The number of aromatic nitrogens is 1. The van der Waals surface area contributed by atoms with E-state index in [-0.39, 0.29) is 5.56 Å². The molecule has 0 spiro atoms. The van der Waals surface area contributed by atoms with Crippen molar-refractivity contribution in [2.45, 2.75) is 41.5 Å². The van der Waals surface area contributed by atoms with Gasteiger partial charge in [0.25, 0.3) is 5.56 Å². The van der Waals surface area contributed by atoms with Crippen LogP contribution in [0.1, 0.15) is 41.5 Å². The topological polar surface area (TPSA) is 22.0 Å². The van der Waals surface area contributed by atoms with Crippen molar-refractivity contribution in [2.75, 3.05) is 0 Å². The number of nitrogens with zero attached hydrogens (tertiary/aromatic N) is 1. The highest BCUT2D eigenvalue weighted by molar-refractivity contribution is 5.58. The molecule has 0 amide bonds. The molecule has 1 aromatic rings. The first-order valence-corrected chi connectivity index (χ1v) is 6.93. The largest absolute Gasteiger partial charge is 0.284 e. The second kappa shape index (κ2) is 14.2. The Balaban J connectivity index is 0. The molecule has 0 saturated heterocycles. The van der Waals surface area contributed by atoms with E-state index in [2.05, 4.69) is 0 Å². The lowest BCUT2D eigenvalue weighted by molar-refractivity contribution is 1.03. The Morgan fingerprint density at radius 3 is 2.16 bits per heavy atom. The molecule has 0 unspecified atom stereocenters. The van der Waals surface area contributed by atoms with E-state index in [0.717, 1.165) is 5.70 Å². The quantitative estimate of drug-likeness (QED) is 0.710. The van der Waals surface area contributed by atoms with E-state index in [4.69, 9.17) is 0 Å². The molecule has 19 heavy (non-hydrogen) atoms. The molecule has 0 aliphatic carbocycles. The Morgan fingerprint density at radius 2 is 1.68 bits per heavy atom. The van der Waals surface area contributed by atoms with Gasteiger partial charge in [0.2, 0.25) is 0 Å². The van der Waals surface area contributed by atoms with Crippen LogP contribution in [0.3, 0.4) is 0 Å². The Morgan fingerprint density at radius 1 is 1.05 bits per heavy atom. The third-order valence-corrected chi connectivity index (χ3v) is 1.90. The van der Waals surface area contributed by atoms with Crippen LogP contribution in [0.25, 0.3) is 5.70 Å². The summed E-state index contributed by atoms with van der Waals surface area (Å²) in [4.78, 5) is 11.6. The summed E-state index contributed by atoms with van der Waals surface area (Å²) in [5.74, 6) is 0. The molecule has 1 aromatic heterocycles. The highest BCUT2D eigenvalue weighted by atomic mass is 16.1. The maximum atomic E-state index is 11.6. The van der Waals surface area contributed by atoms with Gasteiger partial charge in [0.1, 0.15) is 0 Å². The molecular weight excluding hydrogens is 234 g/mol. The summed E-state index contributed by atoms with van der Waals surface area (Å²) in [6.07, 6.45) is 11.3. The molecule has 0 aliphatic rings. The maximum Gasteiger partial charge on any atom is 0.255 e. The fraction of sp³-hybridized carbons (Fsp3) is 0.353. The van der Waals surface area contributed by atoms with Gasteiger partial charge in [0.05, 0.1) is 0 Å². The Labute approximate surface area is 117 Å². The van der Waals surface area contributed by atoms with Crippen molar-refractivity contribution in [1.29, 1.82) is 0 Å².